The number of hydrogen-bond acceptors (Lipinski definition) is 3. The van der Waals surface area contributed by atoms with Crippen molar-refractivity contribution in [3.05, 3.63) is 35.9 Å². The molecule has 3 heterocycles. The number of carbonyl (C=O) groups is 1. The SMILES string of the molecule is CCCN1C2CC3(c4ccccc4)CC1C(C(=O)N1CC[C@H](N)C(C)(C)C1)(C2)C3. The third-order valence-corrected chi connectivity index (χ3v) is 8.86. The summed E-state index contributed by atoms with van der Waals surface area (Å²) in [5, 5.41) is 0. The first-order valence-electron chi connectivity index (χ1n) is 11.7. The molecule has 0 aromatic heterocycles. The number of amides is 1. The van der Waals surface area contributed by atoms with E-state index in [2.05, 4.69) is 60.9 Å². The lowest BCUT2D eigenvalue weighted by atomic mass is 9.64. The van der Waals surface area contributed by atoms with E-state index in [9.17, 15) is 4.79 Å². The maximum Gasteiger partial charge on any atom is 0.230 e. The van der Waals surface area contributed by atoms with Crippen LogP contribution in [0.15, 0.2) is 30.3 Å². The van der Waals surface area contributed by atoms with E-state index >= 15 is 0 Å². The zero-order chi connectivity index (χ0) is 20.4. The van der Waals surface area contributed by atoms with Crippen molar-refractivity contribution in [2.24, 2.45) is 16.6 Å². The summed E-state index contributed by atoms with van der Waals surface area (Å²) in [4.78, 5) is 19.1. The van der Waals surface area contributed by atoms with E-state index in [4.69, 9.17) is 5.73 Å². The van der Waals surface area contributed by atoms with Crippen molar-refractivity contribution in [1.82, 2.24) is 9.80 Å². The first-order chi connectivity index (χ1) is 13.8. The molecule has 5 fully saturated rings. The van der Waals surface area contributed by atoms with Crippen molar-refractivity contribution >= 4 is 5.91 Å². The molecule has 4 unspecified atom stereocenters. The number of nitrogens with zero attached hydrogens (tertiary/aromatic N) is 2. The molecular weight excluding hydrogens is 358 g/mol. The number of piperidine rings is 2. The molecule has 4 heteroatoms. The van der Waals surface area contributed by atoms with Crippen LogP contribution in [0.2, 0.25) is 0 Å². The largest absolute Gasteiger partial charge is 0.342 e. The Balaban J connectivity index is 1.49. The van der Waals surface area contributed by atoms with Crippen LogP contribution in [0.3, 0.4) is 0 Å². The van der Waals surface area contributed by atoms with E-state index < -0.39 is 0 Å². The van der Waals surface area contributed by atoms with E-state index in [1.54, 1.807) is 0 Å². The Hall–Kier alpha value is -1.39. The monoisotopic (exact) mass is 395 g/mol. The van der Waals surface area contributed by atoms with E-state index in [0.717, 1.165) is 45.3 Å². The second kappa shape index (κ2) is 6.55. The number of benzene rings is 1. The molecule has 158 valence electrons. The molecule has 1 aromatic rings. The average Bonchev–Trinajstić information content (AvgIpc) is 3.08. The Morgan fingerprint density at radius 2 is 1.93 bits per heavy atom. The van der Waals surface area contributed by atoms with Gasteiger partial charge in [0.05, 0.1) is 5.41 Å². The Morgan fingerprint density at radius 1 is 1.17 bits per heavy atom. The highest BCUT2D eigenvalue weighted by molar-refractivity contribution is 5.86. The van der Waals surface area contributed by atoms with Gasteiger partial charge in [0.15, 0.2) is 0 Å². The molecule has 2 aliphatic carbocycles. The molecule has 4 nitrogen and oxygen atoms in total. The summed E-state index contributed by atoms with van der Waals surface area (Å²) in [6, 6.07) is 12.2. The molecule has 2 saturated carbocycles. The minimum Gasteiger partial charge on any atom is -0.342 e. The van der Waals surface area contributed by atoms with Gasteiger partial charge in [0.25, 0.3) is 0 Å². The van der Waals surface area contributed by atoms with Crippen LogP contribution in [0, 0.1) is 10.8 Å². The fourth-order valence-electron chi connectivity index (χ4n) is 7.48. The van der Waals surface area contributed by atoms with Crippen LogP contribution in [0.25, 0.3) is 0 Å². The molecule has 4 bridgehead atoms. The lowest BCUT2D eigenvalue weighted by Gasteiger charge is -2.46. The van der Waals surface area contributed by atoms with Gasteiger partial charge in [0.1, 0.15) is 0 Å². The zero-order valence-electron chi connectivity index (χ0n) is 18.4. The third-order valence-electron chi connectivity index (χ3n) is 8.86. The molecule has 1 amide bonds. The number of hydrogen-bond donors (Lipinski definition) is 1. The molecule has 0 radical (unpaired) electrons. The third kappa shape index (κ3) is 2.75. The maximum atomic E-state index is 14.1. The van der Waals surface area contributed by atoms with Gasteiger partial charge in [-0.05, 0) is 61.5 Å². The number of nitrogens with two attached hydrogens (primary N) is 1. The van der Waals surface area contributed by atoms with Crippen LogP contribution in [0.4, 0.5) is 0 Å². The normalized spacial score (nSPS) is 40.6. The van der Waals surface area contributed by atoms with Crippen LogP contribution in [-0.2, 0) is 10.2 Å². The van der Waals surface area contributed by atoms with E-state index in [0.29, 0.717) is 18.0 Å². The van der Waals surface area contributed by atoms with Crippen molar-refractivity contribution in [1.29, 1.82) is 0 Å². The van der Waals surface area contributed by atoms with Gasteiger partial charge in [-0.3, -0.25) is 9.69 Å². The second-order valence-corrected chi connectivity index (χ2v) is 11.1. The minimum atomic E-state index is -0.189. The molecule has 5 atom stereocenters. The second-order valence-electron chi connectivity index (χ2n) is 11.1. The summed E-state index contributed by atoms with van der Waals surface area (Å²) in [6.07, 6.45) is 6.56. The van der Waals surface area contributed by atoms with Gasteiger partial charge in [-0.25, -0.2) is 0 Å². The Labute approximate surface area is 175 Å². The van der Waals surface area contributed by atoms with Crippen molar-refractivity contribution in [3.8, 4) is 0 Å². The Kier molecular flexibility index (Phi) is 4.42. The van der Waals surface area contributed by atoms with Crippen molar-refractivity contribution in [2.45, 2.75) is 82.8 Å². The summed E-state index contributed by atoms with van der Waals surface area (Å²) in [7, 11) is 0. The molecule has 6 rings (SSSR count). The molecule has 0 spiro atoms. The average molecular weight is 396 g/mol. The van der Waals surface area contributed by atoms with Crippen molar-refractivity contribution in [2.75, 3.05) is 19.6 Å². The number of likely N-dealkylation sites (tertiary alicyclic amines) is 1. The van der Waals surface area contributed by atoms with Gasteiger partial charge in [0.2, 0.25) is 5.91 Å². The van der Waals surface area contributed by atoms with E-state index in [1.165, 1.54) is 18.4 Å². The summed E-state index contributed by atoms with van der Waals surface area (Å²) < 4.78 is 0. The Morgan fingerprint density at radius 3 is 2.62 bits per heavy atom. The smallest absolute Gasteiger partial charge is 0.230 e. The van der Waals surface area contributed by atoms with E-state index in [1.807, 2.05) is 0 Å². The van der Waals surface area contributed by atoms with Gasteiger partial charge < -0.3 is 10.6 Å². The summed E-state index contributed by atoms with van der Waals surface area (Å²) in [5.74, 6) is 0.434. The standard InChI is InChI=1S/C25H37N3O/c1-4-11-28-19-13-24(18-8-6-5-7-9-18)15-21(28)25(14-19,16-24)22(29)27-12-10-20(26)23(2,3)17-27/h5-9,19-21H,4,10-17,26H2,1-3H3/t19?,20-,21?,24?,25?/m0/s1. The molecule has 29 heavy (non-hydrogen) atoms. The lowest BCUT2D eigenvalue weighted by molar-refractivity contribution is -0.146. The predicted octanol–water partition coefficient (Wildman–Crippen LogP) is 3.55. The highest BCUT2D eigenvalue weighted by atomic mass is 16.2. The first kappa shape index (κ1) is 19.6. The zero-order valence-corrected chi connectivity index (χ0v) is 18.4. The summed E-state index contributed by atoms with van der Waals surface area (Å²) >= 11 is 0. The maximum absolute atomic E-state index is 14.1. The van der Waals surface area contributed by atoms with Crippen molar-refractivity contribution in [3.63, 3.8) is 0 Å². The fourth-order valence-corrected chi connectivity index (χ4v) is 7.48. The topological polar surface area (TPSA) is 49.6 Å². The van der Waals surface area contributed by atoms with Gasteiger partial charge in [0, 0.05) is 31.2 Å². The highest BCUT2D eigenvalue weighted by Gasteiger charge is 2.70. The molecule has 5 aliphatic rings. The summed E-state index contributed by atoms with van der Waals surface area (Å²) in [6.45, 7) is 9.48. The highest BCUT2D eigenvalue weighted by Crippen LogP contribution is 2.67. The van der Waals surface area contributed by atoms with Gasteiger partial charge >= 0.3 is 0 Å². The van der Waals surface area contributed by atoms with Crippen LogP contribution in [-0.4, -0.2) is 53.5 Å². The van der Waals surface area contributed by atoms with Crippen LogP contribution >= 0.6 is 0 Å². The lowest BCUT2D eigenvalue weighted by Crippen LogP contribution is -2.58. The number of carbonyl (C=O) groups excluding carboxylic acids is 1. The van der Waals surface area contributed by atoms with Gasteiger partial charge in [-0.15, -0.1) is 0 Å². The van der Waals surface area contributed by atoms with Crippen LogP contribution < -0.4 is 5.73 Å². The van der Waals surface area contributed by atoms with Crippen molar-refractivity contribution < 1.29 is 4.79 Å². The molecule has 2 N–H and O–H groups in total. The molecule has 1 aromatic carbocycles. The Bertz CT molecular complexity index is 793. The molecule has 3 aliphatic heterocycles. The quantitative estimate of drug-likeness (QED) is 0.848. The van der Waals surface area contributed by atoms with Crippen LogP contribution in [0.5, 0.6) is 0 Å². The first-order valence-corrected chi connectivity index (χ1v) is 11.7. The fraction of sp³-hybridized carbons (Fsp3) is 0.720. The van der Waals surface area contributed by atoms with Crippen LogP contribution in [0.1, 0.15) is 64.9 Å². The molecular formula is C25H37N3O. The molecule has 3 saturated heterocycles. The van der Waals surface area contributed by atoms with Gasteiger partial charge in [-0.2, -0.15) is 0 Å². The van der Waals surface area contributed by atoms with E-state index in [-0.39, 0.29) is 22.3 Å². The van der Waals surface area contributed by atoms with Gasteiger partial charge in [-0.1, -0.05) is 51.1 Å². The summed E-state index contributed by atoms with van der Waals surface area (Å²) in [5.41, 5.74) is 7.84. The number of rotatable bonds is 4. The predicted molar refractivity (Wildman–Crippen MR) is 117 cm³/mol. The minimum absolute atomic E-state index is 0.000395.